The molecule has 1 heterocycles. The summed E-state index contributed by atoms with van der Waals surface area (Å²) in [6, 6.07) is 4.33. The smallest absolute Gasteiger partial charge is 0.460 e. The zero-order valence-corrected chi connectivity index (χ0v) is 17.5. The van der Waals surface area contributed by atoms with Crippen LogP contribution in [-0.2, 0) is 21.0 Å². The van der Waals surface area contributed by atoms with Gasteiger partial charge in [0.15, 0.2) is 15.0 Å². The Labute approximate surface area is 174 Å². The molecule has 0 amide bonds. The van der Waals surface area contributed by atoms with Crippen LogP contribution in [0.5, 0.6) is 5.75 Å². The molecule has 1 aromatic rings. The molecule has 0 atom stereocenters. The molecule has 180 valence electrons. The lowest BCUT2D eigenvalue weighted by molar-refractivity contribution is -0.382. The van der Waals surface area contributed by atoms with E-state index in [2.05, 4.69) is 12.1 Å². The molecule has 31 heavy (non-hydrogen) atoms. The molecular weight excluding hydrogens is 491 g/mol. The van der Waals surface area contributed by atoms with Gasteiger partial charge in [0.2, 0.25) is 0 Å². The second-order valence-corrected chi connectivity index (χ2v) is 10.3. The van der Waals surface area contributed by atoms with Gasteiger partial charge in [0.05, 0.1) is 0 Å². The van der Waals surface area contributed by atoms with Gasteiger partial charge in [0.1, 0.15) is 17.3 Å². The van der Waals surface area contributed by atoms with Crippen LogP contribution in [0.1, 0.15) is 24.0 Å². The number of benzene rings is 1. The van der Waals surface area contributed by atoms with E-state index in [9.17, 15) is 57.6 Å². The first-order valence-electron chi connectivity index (χ1n) is 8.31. The molecule has 4 nitrogen and oxygen atoms in total. The number of alkyl halides is 9. The maximum atomic E-state index is 12.2. The van der Waals surface area contributed by atoms with Gasteiger partial charge in [-0.15, -0.1) is 0 Å². The third-order valence-corrected chi connectivity index (χ3v) is 7.61. The van der Waals surface area contributed by atoms with E-state index in [-0.39, 0.29) is 0 Å². The lowest BCUT2D eigenvalue weighted by Gasteiger charge is -2.34. The largest absolute Gasteiger partial charge is 0.743 e. The van der Waals surface area contributed by atoms with E-state index < -0.39 is 33.4 Å². The number of phenols is 1. The summed E-state index contributed by atoms with van der Waals surface area (Å²) < 4.78 is 135. The molecule has 0 aliphatic carbocycles. The summed E-state index contributed by atoms with van der Waals surface area (Å²) in [6.45, 7) is 3.98. The van der Waals surface area contributed by atoms with Crippen molar-refractivity contribution in [1.82, 2.24) is 0 Å². The van der Waals surface area contributed by atoms with Crippen LogP contribution < -0.4 is 0 Å². The van der Waals surface area contributed by atoms with Crippen molar-refractivity contribution in [1.29, 1.82) is 0 Å². The van der Waals surface area contributed by atoms with E-state index in [1.165, 1.54) is 29.2 Å². The Morgan fingerprint density at radius 1 is 0.871 bits per heavy atom. The lowest BCUT2D eigenvalue weighted by Crippen LogP contribution is -2.63. The minimum absolute atomic E-state index is 0.469. The second-order valence-electron chi connectivity index (χ2n) is 6.63. The predicted molar refractivity (Wildman–Crippen MR) is 92.8 cm³/mol. The summed E-state index contributed by atoms with van der Waals surface area (Å²) in [4.78, 5) is 1.45. The maximum absolute atomic E-state index is 12.2. The van der Waals surface area contributed by atoms with Crippen LogP contribution in [0.15, 0.2) is 17.0 Å². The van der Waals surface area contributed by atoms with Crippen LogP contribution >= 0.6 is 0 Å². The molecule has 0 bridgehead atoms. The first kappa shape index (κ1) is 27.7. The van der Waals surface area contributed by atoms with Crippen molar-refractivity contribution in [2.24, 2.45) is 0 Å². The van der Waals surface area contributed by atoms with Crippen LogP contribution in [0, 0.1) is 13.8 Å². The molecule has 1 fully saturated rings. The van der Waals surface area contributed by atoms with Crippen molar-refractivity contribution in [3.8, 4) is 5.75 Å². The van der Waals surface area contributed by atoms with Gasteiger partial charge in [0, 0.05) is 10.9 Å². The zero-order valence-electron chi connectivity index (χ0n) is 15.9. The van der Waals surface area contributed by atoms with Gasteiger partial charge >= 0.3 is 23.3 Å². The van der Waals surface area contributed by atoms with E-state index in [1.54, 1.807) is 0 Å². The third kappa shape index (κ3) is 5.35. The van der Waals surface area contributed by atoms with E-state index in [0.29, 0.717) is 16.6 Å². The van der Waals surface area contributed by atoms with Crippen molar-refractivity contribution in [2.75, 3.05) is 11.5 Å². The van der Waals surface area contributed by atoms with Crippen LogP contribution in [0.3, 0.4) is 0 Å². The average molecular weight is 508 g/mol. The third-order valence-electron chi connectivity index (χ3n) is 4.26. The fraction of sp³-hybridized carbons (Fsp3) is 0.625. The van der Waals surface area contributed by atoms with Gasteiger partial charge in [-0.05, 0) is 49.9 Å². The summed E-state index contributed by atoms with van der Waals surface area (Å²) in [6.07, 6.45) is -4.41. The molecule has 0 spiro atoms. The zero-order chi connectivity index (χ0) is 24.6. The minimum Gasteiger partial charge on any atom is -0.743 e. The Morgan fingerprint density at radius 2 is 1.26 bits per heavy atom. The number of aryl methyl sites for hydroxylation is 2. The first-order chi connectivity index (χ1) is 13.7. The maximum Gasteiger partial charge on any atom is 0.460 e. The number of rotatable bonds is 4. The van der Waals surface area contributed by atoms with Crippen molar-refractivity contribution in [2.45, 2.75) is 54.9 Å². The summed E-state index contributed by atoms with van der Waals surface area (Å²) in [5.41, 5.74) is 2.05. The van der Waals surface area contributed by atoms with Gasteiger partial charge in [-0.3, -0.25) is 0 Å². The highest BCUT2D eigenvalue weighted by Crippen LogP contribution is 2.54. The number of aromatic hydroxyl groups is 1. The van der Waals surface area contributed by atoms with Crippen molar-refractivity contribution >= 4 is 21.0 Å². The molecule has 1 aliphatic heterocycles. The molecular formula is C16H17F9O4S2. The van der Waals surface area contributed by atoms with E-state index in [1.807, 2.05) is 13.8 Å². The Morgan fingerprint density at radius 3 is 1.58 bits per heavy atom. The standard InChI is InChI=1S/C12H16OS.C4HF9O3S/c1-9-7-11(8-10(2)12(9)13)14-5-3-4-6-14;5-1(6,3(9,10)11)2(7,8)4(12,13)17(14,15)16/h7-8H,3-6H2,1-2H3;(H,14,15,16). The molecule has 0 unspecified atom stereocenters. The van der Waals surface area contributed by atoms with Crippen LogP contribution in [0.25, 0.3) is 0 Å². The van der Waals surface area contributed by atoms with Gasteiger partial charge in [-0.1, -0.05) is 0 Å². The molecule has 1 aliphatic rings. The Balaban J connectivity index is 0.000000314. The van der Waals surface area contributed by atoms with Crippen molar-refractivity contribution < 1.29 is 57.6 Å². The molecule has 15 heteroatoms. The highest BCUT2D eigenvalue weighted by molar-refractivity contribution is 7.97. The highest BCUT2D eigenvalue weighted by atomic mass is 32.2. The summed E-state index contributed by atoms with van der Waals surface area (Å²) >= 11 is 0. The number of halogens is 9. The van der Waals surface area contributed by atoms with Crippen LogP contribution in [-0.4, -0.2) is 52.9 Å². The van der Waals surface area contributed by atoms with Gasteiger partial charge in [-0.25, -0.2) is 8.42 Å². The number of hydrogen-bond acceptors (Lipinski definition) is 4. The van der Waals surface area contributed by atoms with Crippen molar-refractivity contribution in [3.05, 3.63) is 23.3 Å². The first-order valence-corrected chi connectivity index (χ1v) is 11.3. The highest BCUT2D eigenvalue weighted by Gasteiger charge is 2.83. The van der Waals surface area contributed by atoms with E-state index >= 15 is 0 Å². The molecule has 0 radical (unpaired) electrons. The quantitative estimate of drug-likeness (QED) is 0.362. The topological polar surface area (TPSA) is 77.4 Å². The second kappa shape index (κ2) is 8.89. The van der Waals surface area contributed by atoms with Crippen molar-refractivity contribution in [3.63, 3.8) is 0 Å². The van der Waals surface area contributed by atoms with Crippen LogP contribution in [0.2, 0.25) is 0 Å². The normalized spacial score (nSPS) is 16.8. The molecule has 0 saturated carbocycles. The Hall–Kier alpha value is -1.35. The SMILES string of the molecule is Cc1cc([S+]2CCCC2)cc(C)c1O.O=S(=O)([O-])C(F)(F)C(F)(F)C(F)(F)C(F)(F)F. The summed E-state index contributed by atoms with van der Waals surface area (Å²) in [5, 5.41) is 2.56. The molecule has 1 saturated heterocycles. The molecule has 1 aromatic carbocycles. The number of hydrogen-bond donors (Lipinski definition) is 1. The summed E-state index contributed by atoms with van der Waals surface area (Å²) in [7, 11) is -6.95. The predicted octanol–water partition coefficient (Wildman–Crippen LogP) is 4.74. The van der Waals surface area contributed by atoms with Crippen LogP contribution in [0.4, 0.5) is 39.5 Å². The molecule has 0 aromatic heterocycles. The fourth-order valence-corrected chi connectivity index (χ4v) is 5.40. The Bertz CT molecular complexity index is 870. The Kier molecular flexibility index (Phi) is 7.93. The fourth-order valence-electron chi connectivity index (χ4n) is 2.49. The molecule has 1 N–H and O–H groups in total. The monoisotopic (exact) mass is 508 g/mol. The van der Waals surface area contributed by atoms with Gasteiger partial charge < -0.3 is 9.66 Å². The average Bonchev–Trinajstić information content (AvgIpc) is 3.12. The molecule has 2 rings (SSSR count). The van der Waals surface area contributed by atoms with E-state index in [4.69, 9.17) is 0 Å². The number of phenolic OH excluding ortho intramolecular Hbond substituents is 1. The van der Waals surface area contributed by atoms with Gasteiger partial charge in [-0.2, -0.15) is 39.5 Å². The van der Waals surface area contributed by atoms with Gasteiger partial charge in [0.25, 0.3) is 0 Å². The minimum atomic E-state index is -7.43. The summed E-state index contributed by atoms with van der Waals surface area (Å²) in [5.74, 6) is -11.6. The lowest BCUT2D eigenvalue weighted by atomic mass is 10.1. The van der Waals surface area contributed by atoms with E-state index in [0.717, 1.165) is 11.1 Å².